The van der Waals surface area contributed by atoms with Gasteiger partial charge < -0.3 is 19.9 Å². The lowest BCUT2D eigenvalue weighted by Gasteiger charge is -2.22. The second-order valence-corrected chi connectivity index (χ2v) is 5.09. The minimum atomic E-state index is -0.559. The second-order valence-electron chi connectivity index (χ2n) is 5.09. The van der Waals surface area contributed by atoms with Gasteiger partial charge in [-0.25, -0.2) is 4.79 Å². The van der Waals surface area contributed by atoms with Crippen molar-refractivity contribution in [2.75, 3.05) is 18.9 Å². The van der Waals surface area contributed by atoms with E-state index in [-0.39, 0.29) is 0 Å². The molecular weight excluding hydrogens is 234 g/mol. The molecule has 2 N–H and O–H groups in total. The van der Waals surface area contributed by atoms with Crippen LogP contribution in [0.2, 0.25) is 0 Å². The van der Waals surface area contributed by atoms with Crippen molar-refractivity contribution in [1.29, 1.82) is 0 Å². The summed E-state index contributed by atoms with van der Waals surface area (Å²) in [4.78, 5) is 12.0. The summed E-state index contributed by atoms with van der Waals surface area (Å²) >= 11 is 0. The Labute approximate surface area is 106 Å². The third-order valence-electron chi connectivity index (χ3n) is 2.33. The van der Waals surface area contributed by atoms with Gasteiger partial charge in [-0.1, -0.05) is 0 Å². The molecule has 1 aliphatic rings. The van der Waals surface area contributed by atoms with E-state index in [0.29, 0.717) is 36.0 Å². The zero-order chi connectivity index (χ0) is 13.3. The van der Waals surface area contributed by atoms with Gasteiger partial charge in [-0.2, -0.15) is 0 Å². The van der Waals surface area contributed by atoms with E-state index in [1.165, 1.54) is 0 Å². The molecule has 18 heavy (non-hydrogen) atoms. The van der Waals surface area contributed by atoms with Crippen molar-refractivity contribution < 1.29 is 19.0 Å². The number of nitrogens with two attached hydrogens (primary N) is 1. The summed E-state index contributed by atoms with van der Waals surface area (Å²) in [6.07, 6.45) is 0. The maximum absolute atomic E-state index is 12.0. The number of esters is 1. The van der Waals surface area contributed by atoms with Crippen molar-refractivity contribution in [2.24, 2.45) is 0 Å². The average Bonchev–Trinajstić information content (AvgIpc) is 2.25. The molecule has 1 heterocycles. The molecule has 0 saturated heterocycles. The Hall–Kier alpha value is -1.91. The number of fused-ring (bicyclic) bond motifs is 1. The Kier molecular flexibility index (Phi) is 3.07. The topological polar surface area (TPSA) is 70.8 Å². The van der Waals surface area contributed by atoms with Crippen molar-refractivity contribution in [2.45, 2.75) is 26.4 Å². The summed E-state index contributed by atoms with van der Waals surface area (Å²) in [7, 11) is 0. The fourth-order valence-electron chi connectivity index (χ4n) is 1.61. The number of hydrogen-bond acceptors (Lipinski definition) is 5. The number of carbonyl (C=O) groups is 1. The van der Waals surface area contributed by atoms with Crippen LogP contribution in [0, 0.1) is 0 Å². The van der Waals surface area contributed by atoms with Crippen LogP contribution in [0.15, 0.2) is 12.1 Å². The van der Waals surface area contributed by atoms with Crippen molar-refractivity contribution in [3.05, 3.63) is 17.7 Å². The molecule has 0 bridgehead atoms. The molecule has 0 atom stereocenters. The molecule has 98 valence electrons. The summed E-state index contributed by atoms with van der Waals surface area (Å²) in [5.74, 6) is 0.624. The first-order chi connectivity index (χ1) is 8.37. The van der Waals surface area contributed by atoms with E-state index in [0.717, 1.165) is 0 Å². The highest BCUT2D eigenvalue weighted by atomic mass is 16.6. The lowest BCUT2D eigenvalue weighted by Crippen LogP contribution is -2.25. The Balaban J connectivity index is 2.31. The van der Waals surface area contributed by atoms with Crippen molar-refractivity contribution in [1.82, 2.24) is 0 Å². The monoisotopic (exact) mass is 251 g/mol. The largest absolute Gasteiger partial charge is 0.486 e. The summed E-state index contributed by atoms with van der Waals surface area (Å²) in [5, 5.41) is 0. The van der Waals surface area contributed by atoms with Crippen LogP contribution in [-0.2, 0) is 4.74 Å². The Morgan fingerprint density at radius 1 is 1.22 bits per heavy atom. The Morgan fingerprint density at radius 3 is 2.33 bits per heavy atom. The third kappa shape index (κ3) is 2.67. The fourth-order valence-corrected chi connectivity index (χ4v) is 1.61. The quantitative estimate of drug-likeness (QED) is 0.610. The van der Waals surface area contributed by atoms with E-state index in [4.69, 9.17) is 19.9 Å². The summed E-state index contributed by atoms with van der Waals surface area (Å²) in [5.41, 5.74) is 5.90. The third-order valence-corrected chi connectivity index (χ3v) is 2.33. The van der Waals surface area contributed by atoms with Gasteiger partial charge >= 0.3 is 5.97 Å². The second kappa shape index (κ2) is 4.40. The van der Waals surface area contributed by atoms with Crippen molar-refractivity contribution in [3.8, 4) is 11.5 Å². The predicted octanol–water partition coefficient (Wildman–Crippen LogP) is 2.00. The highest BCUT2D eigenvalue weighted by molar-refractivity contribution is 5.96. The minimum Gasteiger partial charge on any atom is -0.486 e. The number of carbonyl (C=O) groups excluding carboxylic acids is 1. The number of nitrogen functional groups attached to an aromatic ring is 1. The van der Waals surface area contributed by atoms with Crippen LogP contribution < -0.4 is 15.2 Å². The van der Waals surface area contributed by atoms with Gasteiger partial charge in [0, 0.05) is 12.1 Å². The first-order valence-corrected chi connectivity index (χ1v) is 5.79. The Morgan fingerprint density at radius 2 is 1.78 bits per heavy atom. The number of anilines is 1. The van der Waals surface area contributed by atoms with Gasteiger partial charge in [-0.15, -0.1) is 0 Å². The summed E-state index contributed by atoms with van der Waals surface area (Å²) < 4.78 is 16.1. The SMILES string of the molecule is CC(C)(C)OC(=O)c1cc2c(cc1N)OCCO2. The van der Waals surface area contributed by atoms with E-state index in [9.17, 15) is 4.79 Å². The standard InChI is InChI=1S/C13H17NO4/c1-13(2,3)18-12(15)8-6-10-11(7-9(8)14)17-5-4-16-10/h6-7H,4-5,14H2,1-3H3. The van der Waals surface area contributed by atoms with Gasteiger partial charge in [0.25, 0.3) is 0 Å². The van der Waals surface area contributed by atoms with Crippen molar-refractivity contribution in [3.63, 3.8) is 0 Å². The van der Waals surface area contributed by atoms with Gasteiger partial charge in [0.05, 0.1) is 11.3 Å². The zero-order valence-corrected chi connectivity index (χ0v) is 10.8. The lowest BCUT2D eigenvalue weighted by atomic mass is 10.1. The molecule has 5 nitrogen and oxygen atoms in total. The molecule has 1 aromatic carbocycles. The molecular formula is C13H17NO4. The van der Waals surface area contributed by atoms with Crippen LogP contribution >= 0.6 is 0 Å². The van der Waals surface area contributed by atoms with Crippen LogP contribution in [0.1, 0.15) is 31.1 Å². The average molecular weight is 251 g/mol. The van der Waals surface area contributed by atoms with Crippen LogP contribution in [-0.4, -0.2) is 24.8 Å². The minimum absolute atomic E-state index is 0.300. The van der Waals surface area contributed by atoms with Gasteiger partial charge in [-0.3, -0.25) is 0 Å². The van der Waals surface area contributed by atoms with Crippen LogP contribution in [0.5, 0.6) is 11.5 Å². The summed E-state index contributed by atoms with van der Waals surface area (Å²) in [6, 6.07) is 3.16. The molecule has 0 radical (unpaired) electrons. The maximum Gasteiger partial charge on any atom is 0.340 e. The fraction of sp³-hybridized carbons (Fsp3) is 0.462. The van der Waals surface area contributed by atoms with E-state index >= 15 is 0 Å². The molecule has 2 rings (SSSR count). The normalized spacial score (nSPS) is 14.2. The van der Waals surface area contributed by atoms with E-state index in [1.807, 2.05) is 0 Å². The van der Waals surface area contributed by atoms with Crippen LogP contribution in [0.25, 0.3) is 0 Å². The van der Waals surface area contributed by atoms with Gasteiger partial charge in [-0.05, 0) is 20.8 Å². The molecule has 0 saturated carbocycles. The van der Waals surface area contributed by atoms with Crippen molar-refractivity contribution >= 4 is 11.7 Å². The molecule has 0 aromatic heterocycles. The van der Waals surface area contributed by atoms with Crippen LogP contribution in [0.3, 0.4) is 0 Å². The maximum atomic E-state index is 12.0. The molecule has 0 aliphatic carbocycles. The molecule has 5 heteroatoms. The Bertz CT molecular complexity index is 477. The molecule has 1 aromatic rings. The van der Waals surface area contributed by atoms with Gasteiger partial charge in [0.15, 0.2) is 11.5 Å². The smallest absolute Gasteiger partial charge is 0.340 e. The highest BCUT2D eigenvalue weighted by Gasteiger charge is 2.23. The predicted molar refractivity (Wildman–Crippen MR) is 67.0 cm³/mol. The van der Waals surface area contributed by atoms with E-state index in [1.54, 1.807) is 32.9 Å². The molecule has 1 aliphatic heterocycles. The number of hydrogen-bond donors (Lipinski definition) is 1. The number of rotatable bonds is 1. The molecule has 0 fully saturated rings. The summed E-state index contributed by atoms with van der Waals surface area (Å²) in [6.45, 7) is 6.36. The zero-order valence-electron chi connectivity index (χ0n) is 10.8. The molecule has 0 amide bonds. The number of benzene rings is 1. The van der Waals surface area contributed by atoms with Gasteiger partial charge in [0.2, 0.25) is 0 Å². The van der Waals surface area contributed by atoms with Crippen LogP contribution in [0.4, 0.5) is 5.69 Å². The van der Waals surface area contributed by atoms with E-state index < -0.39 is 11.6 Å². The first kappa shape index (κ1) is 12.5. The number of ether oxygens (including phenoxy) is 3. The molecule has 0 spiro atoms. The highest BCUT2D eigenvalue weighted by Crippen LogP contribution is 2.35. The lowest BCUT2D eigenvalue weighted by molar-refractivity contribution is 0.00701. The van der Waals surface area contributed by atoms with Gasteiger partial charge in [0.1, 0.15) is 18.8 Å². The first-order valence-electron chi connectivity index (χ1n) is 5.79. The van der Waals surface area contributed by atoms with E-state index in [2.05, 4.69) is 0 Å². The molecule has 0 unspecified atom stereocenters.